The van der Waals surface area contributed by atoms with Crippen molar-refractivity contribution in [1.29, 1.82) is 0 Å². The summed E-state index contributed by atoms with van der Waals surface area (Å²) in [6.07, 6.45) is 3.96. The van der Waals surface area contributed by atoms with Gasteiger partial charge in [-0.3, -0.25) is 9.69 Å². The van der Waals surface area contributed by atoms with Crippen molar-refractivity contribution < 1.29 is 4.79 Å². The Morgan fingerprint density at radius 2 is 2.00 bits per heavy atom. The number of carbonyl (C=O) groups excluding carboxylic acids is 1. The minimum atomic E-state index is 0.232. The molecule has 0 N–H and O–H groups in total. The van der Waals surface area contributed by atoms with Crippen molar-refractivity contribution in [3.63, 3.8) is 0 Å². The maximum Gasteiger partial charge on any atom is 0.130 e. The molecule has 72 valence electrons. The quantitative estimate of drug-likeness (QED) is 0.611. The highest BCUT2D eigenvalue weighted by Gasteiger charge is 2.08. The van der Waals surface area contributed by atoms with E-state index in [1.165, 1.54) is 25.9 Å². The molecule has 0 unspecified atom stereocenters. The lowest BCUT2D eigenvalue weighted by molar-refractivity contribution is -0.116. The average molecular weight is 179 g/mol. The molecule has 2 heteroatoms. The number of nitrogens with zero attached hydrogens (tertiary/aromatic N) is 1. The van der Waals surface area contributed by atoms with Crippen LogP contribution in [0, 0.1) is 11.8 Å². The average Bonchev–Trinajstić information content (AvgIpc) is 2.55. The third-order valence-corrected chi connectivity index (χ3v) is 2.23. The first-order chi connectivity index (χ1) is 6.29. The van der Waals surface area contributed by atoms with Crippen molar-refractivity contribution in [2.45, 2.75) is 32.6 Å². The van der Waals surface area contributed by atoms with Gasteiger partial charge in [0.25, 0.3) is 0 Å². The summed E-state index contributed by atoms with van der Waals surface area (Å²) in [6.45, 7) is 4.89. The van der Waals surface area contributed by atoms with Crippen LogP contribution in [0.15, 0.2) is 0 Å². The lowest BCUT2D eigenvalue weighted by Gasteiger charge is -2.08. The largest absolute Gasteiger partial charge is 0.300 e. The minimum absolute atomic E-state index is 0.232. The number of likely N-dealkylation sites (tertiary alicyclic amines) is 1. The number of Topliss-reactive ketones (excluding diaryl/α,β-unsaturated/α-hetero) is 1. The summed E-state index contributed by atoms with van der Waals surface area (Å²) in [5.41, 5.74) is 0. The molecule has 0 bridgehead atoms. The van der Waals surface area contributed by atoms with E-state index in [9.17, 15) is 4.79 Å². The number of carbonyl (C=O) groups is 1. The van der Waals surface area contributed by atoms with Gasteiger partial charge in [0, 0.05) is 12.8 Å². The van der Waals surface area contributed by atoms with Gasteiger partial charge in [0.15, 0.2) is 0 Å². The number of hydrogen-bond donors (Lipinski definition) is 0. The molecule has 13 heavy (non-hydrogen) atoms. The fourth-order valence-corrected chi connectivity index (χ4v) is 1.44. The Morgan fingerprint density at radius 1 is 1.31 bits per heavy atom. The third kappa shape index (κ3) is 4.69. The van der Waals surface area contributed by atoms with Crippen LogP contribution >= 0.6 is 0 Å². The van der Waals surface area contributed by atoms with E-state index < -0.39 is 0 Å². The van der Waals surface area contributed by atoms with Crippen LogP contribution in [0.5, 0.6) is 0 Å². The van der Waals surface area contributed by atoms with Gasteiger partial charge in [-0.15, -0.1) is 5.92 Å². The summed E-state index contributed by atoms with van der Waals surface area (Å²) in [5.74, 6) is 6.37. The van der Waals surface area contributed by atoms with Gasteiger partial charge < -0.3 is 0 Å². The van der Waals surface area contributed by atoms with E-state index in [1.807, 2.05) is 0 Å². The normalized spacial score (nSPS) is 16.7. The van der Waals surface area contributed by atoms with Crippen LogP contribution in [0.2, 0.25) is 0 Å². The topological polar surface area (TPSA) is 20.3 Å². The van der Waals surface area contributed by atoms with Gasteiger partial charge in [-0.2, -0.15) is 0 Å². The summed E-state index contributed by atoms with van der Waals surface area (Å²) in [5, 5.41) is 0. The molecule has 1 aliphatic heterocycles. The monoisotopic (exact) mass is 179 g/mol. The van der Waals surface area contributed by atoms with Gasteiger partial charge >= 0.3 is 0 Å². The van der Waals surface area contributed by atoms with E-state index in [-0.39, 0.29) is 5.78 Å². The summed E-state index contributed by atoms with van der Waals surface area (Å²) < 4.78 is 0. The van der Waals surface area contributed by atoms with E-state index >= 15 is 0 Å². The zero-order valence-corrected chi connectivity index (χ0v) is 8.31. The highest BCUT2D eigenvalue weighted by Crippen LogP contribution is 2.05. The van der Waals surface area contributed by atoms with E-state index in [0.29, 0.717) is 6.42 Å². The second-order valence-corrected chi connectivity index (χ2v) is 3.54. The molecule has 0 aliphatic carbocycles. The summed E-state index contributed by atoms with van der Waals surface area (Å²) >= 11 is 0. The number of hydrogen-bond acceptors (Lipinski definition) is 2. The molecule has 0 amide bonds. The molecule has 0 atom stereocenters. The van der Waals surface area contributed by atoms with E-state index in [0.717, 1.165) is 13.0 Å². The van der Waals surface area contributed by atoms with Crippen molar-refractivity contribution in [3.05, 3.63) is 0 Å². The van der Waals surface area contributed by atoms with Crippen LogP contribution in [0.25, 0.3) is 0 Å². The maximum absolute atomic E-state index is 10.6. The van der Waals surface area contributed by atoms with Crippen LogP contribution in [0.1, 0.15) is 32.6 Å². The molecule has 0 spiro atoms. The van der Waals surface area contributed by atoms with Crippen LogP contribution in [-0.2, 0) is 4.79 Å². The van der Waals surface area contributed by atoms with Crippen molar-refractivity contribution in [2.75, 3.05) is 19.6 Å². The van der Waals surface area contributed by atoms with Gasteiger partial charge in [-0.1, -0.05) is 5.92 Å². The Bertz CT molecular complexity index is 218. The van der Waals surface area contributed by atoms with E-state index in [4.69, 9.17) is 0 Å². The molecule has 1 heterocycles. The van der Waals surface area contributed by atoms with Crippen LogP contribution in [0.3, 0.4) is 0 Å². The van der Waals surface area contributed by atoms with Crippen molar-refractivity contribution >= 4 is 5.78 Å². The Morgan fingerprint density at radius 3 is 2.62 bits per heavy atom. The van der Waals surface area contributed by atoms with Crippen LogP contribution in [-0.4, -0.2) is 30.3 Å². The van der Waals surface area contributed by atoms with Crippen molar-refractivity contribution in [2.24, 2.45) is 0 Å². The van der Waals surface area contributed by atoms with Crippen molar-refractivity contribution in [1.82, 2.24) is 4.90 Å². The van der Waals surface area contributed by atoms with E-state index in [1.54, 1.807) is 6.92 Å². The third-order valence-electron chi connectivity index (χ3n) is 2.23. The lowest BCUT2D eigenvalue weighted by Crippen LogP contribution is -2.18. The Labute approximate surface area is 80.3 Å². The molecule has 0 saturated carbocycles. The summed E-state index contributed by atoms with van der Waals surface area (Å²) in [6, 6.07) is 0. The zero-order chi connectivity index (χ0) is 9.52. The van der Waals surface area contributed by atoms with Gasteiger partial charge in [0.05, 0.1) is 6.54 Å². The molecular formula is C11H17NO. The minimum Gasteiger partial charge on any atom is -0.300 e. The highest BCUT2D eigenvalue weighted by molar-refractivity contribution is 5.75. The maximum atomic E-state index is 10.6. The molecule has 1 rings (SSSR count). The highest BCUT2D eigenvalue weighted by atomic mass is 16.1. The number of rotatable bonds is 3. The second-order valence-electron chi connectivity index (χ2n) is 3.54. The molecule has 0 aromatic carbocycles. The molecule has 1 saturated heterocycles. The molecule has 0 aromatic rings. The van der Waals surface area contributed by atoms with Gasteiger partial charge in [0.2, 0.25) is 0 Å². The molecular weight excluding hydrogens is 162 g/mol. The Hall–Kier alpha value is -0.810. The number of ketones is 1. The second kappa shape index (κ2) is 5.77. The first-order valence-corrected chi connectivity index (χ1v) is 4.96. The van der Waals surface area contributed by atoms with Gasteiger partial charge in [0.1, 0.15) is 5.78 Å². The Balaban J connectivity index is 2.05. The predicted molar refractivity (Wildman–Crippen MR) is 53.4 cm³/mol. The Kier molecular flexibility index (Phi) is 4.56. The first kappa shape index (κ1) is 10.3. The lowest BCUT2D eigenvalue weighted by atomic mass is 10.2. The SMILES string of the molecule is CC(=O)CCC#CCN1CCCC1. The fraction of sp³-hybridized carbons (Fsp3) is 0.727. The standard InChI is InChI=1S/C11H17NO/c1-11(13)7-3-2-4-8-12-9-5-6-10-12/h3,5-10H2,1H3. The van der Waals surface area contributed by atoms with E-state index in [2.05, 4.69) is 16.7 Å². The summed E-state index contributed by atoms with van der Waals surface area (Å²) in [7, 11) is 0. The van der Waals surface area contributed by atoms with Crippen LogP contribution < -0.4 is 0 Å². The van der Waals surface area contributed by atoms with Crippen molar-refractivity contribution in [3.8, 4) is 11.8 Å². The molecule has 1 fully saturated rings. The van der Waals surface area contributed by atoms with Gasteiger partial charge in [-0.25, -0.2) is 0 Å². The smallest absolute Gasteiger partial charge is 0.130 e. The molecule has 1 aliphatic rings. The van der Waals surface area contributed by atoms with Gasteiger partial charge in [-0.05, 0) is 32.9 Å². The molecule has 0 aromatic heterocycles. The predicted octanol–water partition coefficient (Wildman–Crippen LogP) is 1.45. The zero-order valence-electron chi connectivity index (χ0n) is 8.31. The molecule has 2 nitrogen and oxygen atoms in total. The summed E-state index contributed by atoms with van der Waals surface area (Å²) in [4.78, 5) is 12.9. The fourth-order valence-electron chi connectivity index (χ4n) is 1.44. The first-order valence-electron chi connectivity index (χ1n) is 4.96. The molecule has 0 radical (unpaired) electrons. The van der Waals surface area contributed by atoms with Crippen LogP contribution in [0.4, 0.5) is 0 Å².